The number of benzene rings is 1. The highest BCUT2D eigenvalue weighted by molar-refractivity contribution is 7.17. The molecule has 0 aliphatic heterocycles. The Morgan fingerprint density at radius 2 is 2.00 bits per heavy atom. The van der Waals surface area contributed by atoms with Crippen molar-refractivity contribution in [1.82, 2.24) is 15.5 Å². The summed E-state index contributed by atoms with van der Waals surface area (Å²) in [6, 6.07) is 7.45. The van der Waals surface area contributed by atoms with Crippen LogP contribution in [0.25, 0.3) is 0 Å². The van der Waals surface area contributed by atoms with Crippen molar-refractivity contribution in [2.45, 2.75) is 13.0 Å². The number of methoxy groups -OCH3 is 1. The van der Waals surface area contributed by atoms with Crippen molar-refractivity contribution in [3.8, 4) is 5.75 Å². The second-order valence-corrected chi connectivity index (χ2v) is 5.11. The Hall–Kier alpha value is -2.15. The number of ether oxygens (including phenoxy) is 1. The van der Waals surface area contributed by atoms with Gasteiger partial charge in [0.05, 0.1) is 13.2 Å². The lowest BCUT2D eigenvalue weighted by atomic mass is 10.1. The lowest BCUT2D eigenvalue weighted by molar-refractivity contribution is 0.0939. The van der Waals surface area contributed by atoms with Gasteiger partial charge in [0.25, 0.3) is 5.91 Å². The van der Waals surface area contributed by atoms with Crippen molar-refractivity contribution in [2.24, 2.45) is 0 Å². The van der Waals surface area contributed by atoms with Crippen molar-refractivity contribution in [3.63, 3.8) is 0 Å². The van der Waals surface area contributed by atoms with E-state index < -0.39 is 0 Å². The van der Waals surface area contributed by atoms with Gasteiger partial charge in [-0.3, -0.25) is 4.79 Å². The van der Waals surface area contributed by atoms with Gasteiger partial charge in [0.15, 0.2) is 0 Å². The molecule has 0 saturated heterocycles. The lowest BCUT2D eigenvalue weighted by Crippen LogP contribution is -2.26. The van der Waals surface area contributed by atoms with Gasteiger partial charge in [-0.25, -0.2) is 0 Å². The molecule has 0 bridgehead atoms. The zero-order valence-electron chi connectivity index (χ0n) is 11.5. The summed E-state index contributed by atoms with van der Waals surface area (Å²) in [4.78, 5) is 12.0. The molecular formula is C13H16N4O2S. The van der Waals surface area contributed by atoms with Crippen LogP contribution in [0.3, 0.4) is 0 Å². The first-order valence-corrected chi connectivity index (χ1v) is 6.91. The summed E-state index contributed by atoms with van der Waals surface area (Å²) in [5.41, 5.74) is 0.998. The molecule has 1 aromatic heterocycles. The summed E-state index contributed by atoms with van der Waals surface area (Å²) >= 11 is 1.22. The Morgan fingerprint density at radius 3 is 2.55 bits per heavy atom. The van der Waals surface area contributed by atoms with Crippen molar-refractivity contribution in [2.75, 3.05) is 19.5 Å². The minimum absolute atomic E-state index is 0.115. The van der Waals surface area contributed by atoms with Crippen LogP contribution in [0.4, 0.5) is 5.13 Å². The molecule has 1 heterocycles. The average molecular weight is 292 g/mol. The minimum atomic E-state index is -0.229. The molecule has 7 heteroatoms. The van der Waals surface area contributed by atoms with Gasteiger partial charge >= 0.3 is 0 Å². The van der Waals surface area contributed by atoms with Crippen LogP contribution in [0, 0.1) is 0 Å². The quantitative estimate of drug-likeness (QED) is 0.882. The van der Waals surface area contributed by atoms with Crippen LogP contribution in [-0.4, -0.2) is 30.3 Å². The van der Waals surface area contributed by atoms with Crippen molar-refractivity contribution in [1.29, 1.82) is 0 Å². The molecule has 106 valence electrons. The van der Waals surface area contributed by atoms with Gasteiger partial charge in [-0.05, 0) is 24.6 Å². The van der Waals surface area contributed by atoms with Crippen molar-refractivity contribution >= 4 is 22.4 Å². The number of anilines is 1. The molecule has 20 heavy (non-hydrogen) atoms. The first-order valence-electron chi connectivity index (χ1n) is 6.10. The molecule has 2 aromatic rings. The molecule has 1 aromatic carbocycles. The molecule has 2 rings (SSSR count). The van der Waals surface area contributed by atoms with Crippen LogP contribution in [0.2, 0.25) is 0 Å². The molecule has 1 amide bonds. The molecule has 2 N–H and O–H groups in total. The summed E-state index contributed by atoms with van der Waals surface area (Å²) in [6.07, 6.45) is 0. The molecule has 0 radical (unpaired) electrons. The van der Waals surface area contributed by atoms with Gasteiger partial charge in [0.2, 0.25) is 10.1 Å². The maximum atomic E-state index is 12.0. The summed E-state index contributed by atoms with van der Waals surface area (Å²) < 4.78 is 5.10. The molecule has 0 aliphatic rings. The first kappa shape index (κ1) is 14.3. The number of rotatable bonds is 5. The monoisotopic (exact) mass is 292 g/mol. The van der Waals surface area contributed by atoms with Crippen LogP contribution in [0.1, 0.15) is 28.3 Å². The van der Waals surface area contributed by atoms with Crippen LogP contribution >= 0.6 is 11.3 Å². The SMILES string of the molecule is CNc1nnc(C(=O)NC(C)c2ccc(OC)cc2)s1. The minimum Gasteiger partial charge on any atom is -0.497 e. The molecule has 0 fully saturated rings. The average Bonchev–Trinajstić information content (AvgIpc) is 2.96. The van der Waals surface area contributed by atoms with E-state index in [1.54, 1.807) is 14.2 Å². The third-order valence-electron chi connectivity index (χ3n) is 2.80. The Bertz CT molecular complexity index is 582. The van der Waals surface area contributed by atoms with E-state index in [0.29, 0.717) is 10.1 Å². The van der Waals surface area contributed by atoms with Gasteiger partial charge in [-0.2, -0.15) is 0 Å². The zero-order valence-corrected chi connectivity index (χ0v) is 12.3. The predicted octanol–water partition coefficient (Wildman–Crippen LogP) is 2.08. The number of nitrogens with zero attached hydrogens (tertiary/aromatic N) is 2. The fraction of sp³-hybridized carbons (Fsp3) is 0.308. The van der Waals surface area contributed by atoms with Crippen LogP contribution in [-0.2, 0) is 0 Å². The summed E-state index contributed by atoms with van der Waals surface area (Å²) in [5.74, 6) is 0.558. The third-order valence-corrected chi connectivity index (χ3v) is 3.74. The number of amides is 1. The number of carbonyl (C=O) groups is 1. The van der Waals surface area contributed by atoms with Gasteiger partial charge < -0.3 is 15.4 Å². The summed E-state index contributed by atoms with van der Waals surface area (Å²) in [7, 11) is 3.36. The molecule has 0 saturated carbocycles. The molecule has 1 unspecified atom stereocenters. The van der Waals surface area contributed by atoms with Crippen LogP contribution in [0.15, 0.2) is 24.3 Å². The molecule has 6 nitrogen and oxygen atoms in total. The molecule has 1 atom stereocenters. The zero-order chi connectivity index (χ0) is 14.5. The molecular weight excluding hydrogens is 276 g/mol. The molecule has 0 aliphatic carbocycles. The topological polar surface area (TPSA) is 76.1 Å². The predicted molar refractivity (Wildman–Crippen MR) is 78.3 cm³/mol. The van der Waals surface area contributed by atoms with Crippen LogP contribution in [0.5, 0.6) is 5.75 Å². The fourth-order valence-corrected chi connectivity index (χ4v) is 2.25. The fourth-order valence-electron chi connectivity index (χ4n) is 1.65. The Kier molecular flexibility index (Phi) is 4.52. The van der Waals surface area contributed by atoms with E-state index in [9.17, 15) is 4.79 Å². The van der Waals surface area contributed by atoms with E-state index in [1.807, 2.05) is 31.2 Å². The second-order valence-electron chi connectivity index (χ2n) is 4.13. The number of carbonyl (C=O) groups excluding carboxylic acids is 1. The van der Waals surface area contributed by atoms with E-state index in [-0.39, 0.29) is 11.9 Å². The van der Waals surface area contributed by atoms with Crippen LogP contribution < -0.4 is 15.4 Å². The van der Waals surface area contributed by atoms with E-state index in [2.05, 4.69) is 20.8 Å². The highest BCUT2D eigenvalue weighted by atomic mass is 32.1. The summed E-state index contributed by atoms with van der Waals surface area (Å²) in [5, 5.41) is 14.4. The van der Waals surface area contributed by atoms with Gasteiger partial charge in [-0.1, -0.05) is 23.5 Å². The Balaban J connectivity index is 2.02. The van der Waals surface area contributed by atoms with E-state index in [0.717, 1.165) is 11.3 Å². The normalized spacial score (nSPS) is 11.8. The number of aromatic nitrogens is 2. The van der Waals surface area contributed by atoms with E-state index in [1.165, 1.54) is 11.3 Å². The Morgan fingerprint density at radius 1 is 1.30 bits per heavy atom. The number of nitrogens with one attached hydrogen (secondary N) is 2. The second kappa shape index (κ2) is 6.33. The van der Waals surface area contributed by atoms with Gasteiger partial charge in [-0.15, -0.1) is 10.2 Å². The van der Waals surface area contributed by atoms with E-state index >= 15 is 0 Å². The van der Waals surface area contributed by atoms with E-state index in [4.69, 9.17) is 4.74 Å². The van der Waals surface area contributed by atoms with Crippen molar-refractivity contribution < 1.29 is 9.53 Å². The number of hydrogen-bond acceptors (Lipinski definition) is 6. The first-order chi connectivity index (χ1) is 9.63. The maximum absolute atomic E-state index is 12.0. The standard InChI is InChI=1S/C13H16N4O2S/c1-8(9-4-6-10(19-3)7-5-9)15-11(18)12-16-17-13(14-2)20-12/h4-8H,1-3H3,(H,14,17)(H,15,18). The van der Waals surface area contributed by atoms with Gasteiger partial charge in [0, 0.05) is 7.05 Å². The van der Waals surface area contributed by atoms with Crippen molar-refractivity contribution in [3.05, 3.63) is 34.8 Å². The summed E-state index contributed by atoms with van der Waals surface area (Å²) in [6.45, 7) is 1.92. The maximum Gasteiger partial charge on any atom is 0.282 e. The molecule has 0 spiro atoms. The Labute approximate surface area is 121 Å². The largest absolute Gasteiger partial charge is 0.497 e. The number of hydrogen-bond donors (Lipinski definition) is 2. The highest BCUT2D eigenvalue weighted by Gasteiger charge is 2.15. The third kappa shape index (κ3) is 3.24. The highest BCUT2D eigenvalue weighted by Crippen LogP contribution is 2.19. The lowest BCUT2D eigenvalue weighted by Gasteiger charge is -2.13. The van der Waals surface area contributed by atoms with Gasteiger partial charge in [0.1, 0.15) is 5.75 Å². The smallest absolute Gasteiger partial charge is 0.282 e.